The monoisotopic (exact) mass is 208 g/mol. The first-order chi connectivity index (χ1) is 3.41. The molecule has 0 saturated carbocycles. The molecule has 0 spiro atoms. The molecular weight excluding hydrogens is 198 g/mol. The highest BCUT2D eigenvalue weighted by Crippen LogP contribution is 1.85. The first kappa shape index (κ1) is 22.5. The van der Waals surface area contributed by atoms with Crippen molar-refractivity contribution in [1.29, 1.82) is 0 Å². The summed E-state index contributed by atoms with van der Waals surface area (Å²) in [7, 11) is 0. The summed E-state index contributed by atoms with van der Waals surface area (Å²) >= 11 is 0. The van der Waals surface area contributed by atoms with Crippen LogP contribution in [0.25, 0.3) is 0 Å². The van der Waals surface area contributed by atoms with Gasteiger partial charge in [0.2, 0.25) is 0 Å². The zero-order valence-electron chi connectivity index (χ0n) is 5.32. The van der Waals surface area contributed by atoms with Crippen LogP contribution in [0.1, 0.15) is 19.3 Å². The van der Waals surface area contributed by atoms with E-state index in [1.165, 1.54) is 0 Å². The Morgan fingerprint density at radius 2 is 1.10 bits per heavy atom. The molecule has 64 valence electrons. The quantitative estimate of drug-likeness (QED) is 0.523. The Bertz CT molecular complexity index is 59.9. The molecule has 0 aliphatic rings. The van der Waals surface area contributed by atoms with Gasteiger partial charge in [-0.05, 0) is 6.42 Å². The summed E-state index contributed by atoms with van der Waals surface area (Å²) in [5, 5.41) is 0. The maximum atomic E-state index is 9.56. The van der Waals surface area contributed by atoms with Crippen molar-refractivity contribution in [2.45, 2.75) is 19.3 Å². The molecular formula is C5H11Cl3O2. The molecule has 0 aromatic rings. The lowest BCUT2D eigenvalue weighted by atomic mass is 10.3. The minimum absolute atomic E-state index is 0. The maximum Gasteiger partial charge on any atom is 0.120 e. The van der Waals surface area contributed by atoms with E-state index in [4.69, 9.17) is 0 Å². The Hall–Kier alpha value is 0.210. The summed E-state index contributed by atoms with van der Waals surface area (Å²) in [5.74, 6) is 0. The molecule has 0 N–H and O–H groups in total. The first-order valence-electron chi connectivity index (χ1n) is 2.29. The highest BCUT2D eigenvalue weighted by Gasteiger charge is 1.80. The van der Waals surface area contributed by atoms with Gasteiger partial charge in [0.25, 0.3) is 0 Å². The second-order valence-corrected chi connectivity index (χ2v) is 1.26. The third-order valence-electron chi connectivity index (χ3n) is 0.644. The molecule has 0 rings (SSSR count). The Kier molecular flexibility index (Phi) is 51.4. The number of carbonyl (C=O) groups is 2. The van der Waals surface area contributed by atoms with Crippen LogP contribution < -0.4 is 0 Å². The molecule has 0 heterocycles. The second-order valence-electron chi connectivity index (χ2n) is 1.26. The van der Waals surface area contributed by atoms with Gasteiger partial charge in [-0.15, -0.1) is 37.2 Å². The van der Waals surface area contributed by atoms with E-state index in [0.717, 1.165) is 12.6 Å². The van der Waals surface area contributed by atoms with Crippen molar-refractivity contribution < 1.29 is 9.59 Å². The number of hydrogen-bond donors (Lipinski definition) is 0. The third-order valence-corrected chi connectivity index (χ3v) is 0.644. The Balaban J connectivity index is -0.0000000600. The Morgan fingerprint density at radius 1 is 0.800 bits per heavy atom. The van der Waals surface area contributed by atoms with Gasteiger partial charge in [0.15, 0.2) is 0 Å². The number of aldehydes is 2. The Morgan fingerprint density at radius 3 is 1.30 bits per heavy atom. The fourth-order valence-corrected chi connectivity index (χ4v) is 0.285. The number of rotatable bonds is 4. The van der Waals surface area contributed by atoms with E-state index < -0.39 is 0 Å². The smallest absolute Gasteiger partial charge is 0.120 e. The maximum absolute atomic E-state index is 9.56. The molecule has 0 radical (unpaired) electrons. The molecule has 0 atom stereocenters. The van der Waals surface area contributed by atoms with Crippen molar-refractivity contribution in [3.05, 3.63) is 0 Å². The second kappa shape index (κ2) is 22.9. The van der Waals surface area contributed by atoms with E-state index in [1.54, 1.807) is 0 Å². The zero-order chi connectivity index (χ0) is 5.54. The van der Waals surface area contributed by atoms with Crippen LogP contribution in [0, 0.1) is 0 Å². The summed E-state index contributed by atoms with van der Waals surface area (Å²) in [4.78, 5) is 19.1. The molecule has 10 heavy (non-hydrogen) atoms. The molecule has 0 amide bonds. The molecule has 0 bridgehead atoms. The summed E-state index contributed by atoms with van der Waals surface area (Å²) in [6.07, 6.45) is 3.37. The summed E-state index contributed by atoms with van der Waals surface area (Å²) in [5.41, 5.74) is 0. The molecule has 0 unspecified atom stereocenters. The lowest BCUT2D eigenvalue weighted by Crippen LogP contribution is -1.76. The first-order valence-corrected chi connectivity index (χ1v) is 2.29. The van der Waals surface area contributed by atoms with Crippen LogP contribution in [0.4, 0.5) is 0 Å². The van der Waals surface area contributed by atoms with Gasteiger partial charge in [-0.1, -0.05) is 0 Å². The fourth-order valence-electron chi connectivity index (χ4n) is 0.285. The predicted molar refractivity (Wildman–Crippen MR) is 47.7 cm³/mol. The van der Waals surface area contributed by atoms with Crippen molar-refractivity contribution in [2.75, 3.05) is 0 Å². The third kappa shape index (κ3) is 24.1. The molecule has 0 aliphatic heterocycles. The lowest BCUT2D eigenvalue weighted by molar-refractivity contribution is -0.108. The molecule has 0 aromatic carbocycles. The molecule has 5 heteroatoms. The number of unbranched alkanes of at least 4 members (excludes halogenated alkanes) is 2. The number of hydrogen-bond acceptors (Lipinski definition) is 2. The molecule has 0 aliphatic carbocycles. The summed E-state index contributed by atoms with van der Waals surface area (Å²) < 4.78 is 0. The van der Waals surface area contributed by atoms with Crippen LogP contribution in [0.15, 0.2) is 0 Å². The van der Waals surface area contributed by atoms with Gasteiger partial charge in [-0.2, -0.15) is 0 Å². The van der Waals surface area contributed by atoms with E-state index >= 15 is 0 Å². The van der Waals surface area contributed by atoms with Gasteiger partial charge in [-0.25, -0.2) is 0 Å². The topological polar surface area (TPSA) is 34.1 Å². The fraction of sp³-hybridized carbons (Fsp3) is 0.600. The lowest BCUT2D eigenvalue weighted by Gasteiger charge is -1.78. The van der Waals surface area contributed by atoms with Crippen molar-refractivity contribution in [2.24, 2.45) is 0 Å². The van der Waals surface area contributed by atoms with E-state index in [0.29, 0.717) is 19.3 Å². The van der Waals surface area contributed by atoms with Crippen LogP contribution in [0.3, 0.4) is 0 Å². The van der Waals surface area contributed by atoms with Crippen LogP contribution in [0.2, 0.25) is 0 Å². The van der Waals surface area contributed by atoms with Crippen molar-refractivity contribution in [1.82, 2.24) is 0 Å². The van der Waals surface area contributed by atoms with E-state index in [2.05, 4.69) is 0 Å². The van der Waals surface area contributed by atoms with Crippen LogP contribution >= 0.6 is 37.2 Å². The number of carbonyl (C=O) groups excluding carboxylic acids is 2. The Labute approximate surface area is 79.0 Å². The van der Waals surface area contributed by atoms with E-state index in [1.807, 2.05) is 0 Å². The van der Waals surface area contributed by atoms with Gasteiger partial charge in [0.05, 0.1) is 0 Å². The van der Waals surface area contributed by atoms with Crippen LogP contribution in [-0.4, -0.2) is 12.6 Å². The largest absolute Gasteiger partial charge is 0.303 e. The van der Waals surface area contributed by atoms with Gasteiger partial charge in [0, 0.05) is 12.8 Å². The van der Waals surface area contributed by atoms with E-state index in [-0.39, 0.29) is 37.2 Å². The highest BCUT2D eigenvalue weighted by molar-refractivity contribution is 5.86. The van der Waals surface area contributed by atoms with Gasteiger partial charge < -0.3 is 9.59 Å². The predicted octanol–water partition coefficient (Wildman–Crippen LogP) is 1.82. The van der Waals surface area contributed by atoms with Gasteiger partial charge >= 0.3 is 0 Å². The highest BCUT2D eigenvalue weighted by atomic mass is 35.5. The van der Waals surface area contributed by atoms with Gasteiger partial charge in [-0.3, -0.25) is 0 Å². The molecule has 0 saturated heterocycles. The van der Waals surface area contributed by atoms with Crippen molar-refractivity contribution >= 4 is 49.8 Å². The van der Waals surface area contributed by atoms with Gasteiger partial charge in [0.1, 0.15) is 12.6 Å². The molecule has 0 aromatic heterocycles. The SMILES string of the molecule is Cl.Cl.Cl.O=CCCCC=O. The standard InChI is InChI=1S/C5H8O2.3ClH/c6-4-2-1-3-5-7;;;/h4-5H,1-3H2;3*1H. The van der Waals surface area contributed by atoms with Crippen LogP contribution in [-0.2, 0) is 9.59 Å². The molecule has 2 nitrogen and oxygen atoms in total. The minimum atomic E-state index is 0. The van der Waals surface area contributed by atoms with Crippen molar-refractivity contribution in [3.63, 3.8) is 0 Å². The average Bonchev–Trinajstić information content (AvgIpc) is 1.69. The minimum Gasteiger partial charge on any atom is -0.303 e. The van der Waals surface area contributed by atoms with E-state index in [9.17, 15) is 9.59 Å². The zero-order valence-corrected chi connectivity index (χ0v) is 7.77. The summed E-state index contributed by atoms with van der Waals surface area (Å²) in [6, 6.07) is 0. The number of halogens is 3. The normalized spacial score (nSPS) is 5.60. The average molecular weight is 209 g/mol. The van der Waals surface area contributed by atoms with Crippen molar-refractivity contribution in [3.8, 4) is 0 Å². The summed E-state index contributed by atoms with van der Waals surface area (Å²) in [6.45, 7) is 0. The van der Waals surface area contributed by atoms with Crippen LogP contribution in [0.5, 0.6) is 0 Å². The molecule has 0 fully saturated rings.